The average Bonchev–Trinajstić information content (AvgIpc) is 2.25. The van der Waals surface area contributed by atoms with Gasteiger partial charge in [0.15, 0.2) is 0 Å². The summed E-state index contributed by atoms with van der Waals surface area (Å²) in [7, 11) is 0. The van der Waals surface area contributed by atoms with Crippen LogP contribution in [0.2, 0.25) is 0 Å². The standard InChI is InChI=1S/C16H33N/c1-6-16(13(4)5)17-15-9-7-8-14(11-15)10-12(2)3/h12-17H,6-11H2,1-5H3. The molecule has 0 bridgehead atoms. The maximum atomic E-state index is 3.91. The van der Waals surface area contributed by atoms with Crippen LogP contribution >= 0.6 is 0 Å². The minimum atomic E-state index is 0.720. The topological polar surface area (TPSA) is 12.0 Å². The molecule has 0 radical (unpaired) electrons. The van der Waals surface area contributed by atoms with Crippen molar-refractivity contribution in [1.29, 1.82) is 0 Å². The molecule has 1 N–H and O–H groups in total. The van der Waals surface area contributed by atoms with Crippen LogP contribution < -0.4 is 5.32 Å². The first-order valence-electron chi connectivity index (χ1n) is 7.78. The highest BCUT2D eigenvalue weighted by atomic mass is 15.0. The highest BCUT2D eigenvalue weighted by Crippen LogP contribution is 2.30. The van der Waals surface area contributed by atoms with Crippen molar-refractivity contribution in [2.45, 2.75) is 85.2 Å². The lowest BCUT2D eigenvalue weighted by Gasteiger charge is -2.34. The van der Waals surface area contributed by atoms with E-state index < -0.39 is 0 Å². The fourth-order valence-electron chi connectivity index (χ4n) is 3.41. The van der Waals surface area contributed by atoms with E-state index in [0.29, 0.717) is 0 Å². The van der Waals surface area contributed by atoms with E-state index in [1.165, 1.54) is 38.5 Å². The van der Waals surface area contributed by atoms with Crippen molar-refractivity contribution in [1.82, 2.24) is 5.32 Å². The molecule has 0 aromatic rings. The predicted octanol–water partition coefficient (Wildman–Crippen LogP) is 4.62. The number of rotatable bonds is 6. The summed E-state index contributed by atoms with van der Waals surface area (Å²) in [4.78, 5) is 0. The highest BCUT2D eigenvalue weighted by molar-refractivity contribution is 4.82. The molecule has 17 heavy (non-hydrogen) atoms. The van der Waals surface area contributed by atoms with Crippen LogP contribution in [-0.4, -0.2) is 12.1 Å². The van der Waals surface area contributed by atoms with Gasteiger partial charge in [0.1, 0.15) is 0 Å². The molecule has 1 aliphatic rings. The van der Waals surface area contributed by atoms with Gasteiger partial charge >= 0.3 is 0 Å². The Morgan fingerprint density at radius 2 is 1.82 bits per heavy atom. The van der Waals surface area contributed by atoms with E-state index in [4.69, 9.17) is 0 Å². The van der Waals surface area contributed by atoms with Gasteiger partial charge in [-0.3, -0.25) is 0 Å². The second-order valence-corrected chi connectivity index (χ2v) is 6.78. The molecule has 1 aliphatic carbocycles. The number of nitrogens with one attached hydrogen (secondary N) is 1. The second kappa shape index (κ2) is 7.41. The molecule has 1 fully saturated rings. The Morgan fingerprint density at radius 1 is 1.12 bits per heavy atom. The van der Waals surface area contributed by atoms with Gasteiger partial charge in [0, 0.05) is 12.1 Å². The van der Waals surface area contributed by atoms with Crippen LogP contribution in [0.1, 0.15) is 73.1 Å². The molecule has 3 atom stereocenters. The van der Waals surface area contributed by atoms with Gasteiger partial charge in [0.05, 0.1) is 0 Å². The molecule has 0 spiro atoms. The lowest BCUT2D eigenvalue weighted by molar-refractivity contribution is 0.224. The van der Waals surface area contributed by atoms with Crippen molar-refractivity contribution in [2.24, 2.45) is 17.8 Å². The van der Waals surface area contributed by atoms with Gasteiger partial charge in [0.25, 0.3) is 0 Å². The molecule has 0 heterocycles. The zero-order chi connectivity index (χ0) is 12.8. The number of hydrogen-bond acceptors (Lipinski definition) is 1. The van der Waals surface area contributed by atoms with Crippen LogP contribution in [0.25, 0.3) is 0 Å². The molecular weight excluding hydrogens is 206 g/mol. The molecule has 1 rings (SSSR count). The fraction of sp³-hybridized carbons (Fsp3) is 1.00. The zero-order valence-corrected chi connectivity index (χ0v) is 12.6. The summed E-state index contributed by atoms with van der Waals surface area (Å²) >= 11 is 0. The molecule has 0 amide bonds. The molecule has 1 nitrogen and oxygen atoms in total. The third-order valence-corrected chi connectivity index (χ3v) is 4.28. The molecule has 3 unspecified atom stereocenters. The van der Waals surface area contributed by atoms with Crippen LogP contribution in [0.3, 0.4) is 0 Å². The smallest absolute Gasteiger partial charge is 0.00900 e. The summed E-state index contributed by atoms with van der Waals surface area (Å²) in [5.41, 5.74) is 0. The first kappa shape index (κ1) is 15.0. The molecule has 0 saturated heterocycles. The first-order valence-corrected chi connectivity index (χ1v) is 7.78. The van der Waals surface area contributed by atoms with Crippen molar-refractivity contribution >= 4 is 0 Å². The summed E-state index contributed by atoms with van der Waals surface area (Å²) in [5.74, 6) is 2.61. The van der Waals surface area contributed by atoms with Crippen molar-refractivity contribution < 1.29 is 0 Å². The van der Waals surface area contributed by atoms with Gasteiger partial charge in [-0.1, -0.05) is 47.5 Å². The van der Waals surface area contributed by atoms with Crippen molar-refractivity contribution in [3.05, 3.63) is 0 Å². The Hall–Kier alpha value is -0.0400. The summed E-state index contributed by atoms with van der Waals surface area (Å²) in [5, 5.41) is 3.91. The molecule has 1 saturated carbocycles. The second-order valence-electron chi connectivity index (χ2n) is 6.78. The van der Waals surface area contributed by atoms with Crippen LogP contribution in [-0.2, 0) is 0 Å². The molecule has 0 aliphatic heterocycles. The van der Waals surface area contributed by atoms with Gasteiger partial charge in [-0.05, 0) is 43.4 Å². The Labute approximate surface area is 109 Å². The van der Waals surface area contributed by atoms with Crippen LogP contribution in [0.5, 0.6) is 0 Å². The Bertz CT molecular complexity index is 198. The van der Waals surface area contributed by atoms with Crippen LogP contribution in [0, 0.1) is 17.8 Å². The highest BCUT2D eigenvalue weighted by Gasteiger charge is 2.24. The quantitative estimate of drug-likeness (QED) is 0.713. The Balaban J connectivity index is 2.38. The third-order valence-electron chi connectivity index (χ3n) is 4.28. The van der Waals surface area contributed by atoms with E-state index in [1.807, 2.05) is 0 Å². The lowest BCUT2D eigenvalue weighted by Crippen LogP contribution is -2.43. The van der Waals surface area contributed by atoms with E-state index in [1.54, 1.807) is 0 Å². The van der Waals surface area contributed by atoms with Gasteiger partial charge in [-0.2, -0.15) is 0 Å². The summed E-state index contributed by atoms with van der Waals surface area (Å²) in [6.07, 6.45) is 8.41. The van der Waals surface area contributed by atoms with Crippen molar-refractivity contribution in [2.75, 3.05) is 0 Å². The summed E-state index contributed by atoms with van der Waals surface area (Å²) in [6, 6.07) is 1.51. The normalized spacial score (nSPS) is 27.7. The van der Waals surface area contributed by atoms with E-state index in [2.05, 4.69) is 39.9 Å². The van der Waals surface area contributed by atoms with Crippen LogP contribution in [0.15, 0.2) is 0 Å². The molecular formula is C16H33N. The van der Waals surface area contributed by atoms with Crippen molar-refractivity contribution in [3.8, 4) is 0 Å². The molecule has 1 heteroatoms. The predicted molar refractivity (Wildman–Crippen MR) is 77.3 cm³/mol. The molecule has 0 aromatic heterocycles. The van der Waals surface area contributed by atoms with Crippen LogP contribution in [0.4, 0.5) is 0 Å². The molecule has 102 valence electrons. The monoisotopic (exact) mass is 239 g/mol. The largest absolute Gasteiger partial charge is 0.311 e. The third kappa shape index (κ3) is 5.42. The average molecular weight is 239 g/mol. The van der Waals surface area contributed by atoms with E-state index >= 15 is 0 Å². The SMILES string of the molecule is CCC(NC1CCCC(CC(C)C)C1)C(C)C. The van der Waals surface area contributed by atoms with Gasteiger partial charge in [0.2, 0.25) is 0 Å². The summed E-state index contributed by atoms with van der Waals surface area (Å²) in [6.45, 7) is 11.7. The minimum Gasteiger partial charge on any atom is -0.311 e. The summed E-state index contributed by atoms with van der Waals surface area (Å²) < 4.78 is 0. The van der Waals surface area contributed by atoms with E-state index in [-0.39, 0.29) is 0 Å². The van der Waals surface area contributed by atoms with Gasteiger partial charge in [-0.25, -0.2) is 0 Å². The molecule has 0 aromatic carbocycles. The van der Waals surface area contributed by atoms with E-state index in [9.17, 15) is 0 Å². The van der Waals surface area contributed by atoms with Gasteiger partial charge < -0.3 is 5.32 Å². The lowest BCUT2D eigenvalue weighted by atomic mass is 9.80. The Morgan fingerprint density at radius 3 is 2.35 bits per heavy atom. The van der Waals surface area contributed by atoms with E-state index in [0.717, 1.165) is 29.8 Å². The zero-order valence-electron chi connectivity index (χ0n) is 12.6. The first-order chi connectivity index (χ1) is 8.02. The van der Waals surface area contributed by atoms with Crippen molar-refractivity contribution in [3.63, 3.8) is 0 Å². The number of hydrogen-bond donors (Lipinski definition) is 1. The van der Waals surface area contributed by atoms with Gasteiger partial charge in [-0.15, -0.1) is 0 Å². The maximum absolute atomic E-state index is 3.91. The Kier molecular flexibility index (Phi) is 6.54. The maximum Gasteiger partial charge on any atom is 0.00900 e. The minimum absolute atomic E-state index is 0.720. The fourth-order valence-corrected chi connectivity index (χ4v) is 3.41.